The molecule has 0 spiro atoms. The molecule has 23 heavy (non-hydrogen) atoms. The molecule has 0 saturated carbocycles. The minimum atomic E-state index is -1.25. The van der Waals surface area contributed by atoms with Crippen molar-refractivity contribution in [3.05, 3.63) is 35.4 Å². The van der Waals surface area contributed by atoms with E-state index in [1.165, 1.54) is 4.90 Å². The molecule has 0 bridgehead atoms. The molecule has 1 heterocycles. The first-order valence-electron chi connectivity index (χ1n) is 7.08. The van der Waals surface area contributed by atoms with Gasteiger partial charge in [-0.25, -0.2) is 13.6 Å². The predicted octanol–water partition coefficient (Wildman–Crippen LogP) is 0.845. The molecule has 1 fully saturated rings. The topological polar surface area (TPSA) is 89.7 Å². The number of carbonyl (C=O) groups is 3. The Balaban J connectivity index is 1.94. The zero-order valence-corrected chi connectivity index (χ0v) is 12.3. The number of benzene rings is 1. The Morgan fingerprint density at radius 3 is 2.52 bits per heavy atom. The lowest BCUT2D eigenvalue weighted by atomic mass is 9.97. The molecule has 0 unspecified atom stereocenters. The van der Waals surface area contributed by atoms with Gasteiger partial charge in [-0.3, -0.25) is 9.59 Å². The molecule has 2 amide bonds. The fourth-order valence-electron chi connectivity index (χ4n) is 2.42. The van der Waals surface area contributed by atoms with Gasteiger partial charge < -0.3 is 15.4 Å². The van der Waals surface area contributed by atoms with Gasteiger partial charge in [0.15, 0.2) is 6.61 Å². The van der Waals surface area contributed by atoms with Crippen molar-refractivity contribution in [2.75, 3.05) is 19.7 Å². The van der Waals surface area contributed by atoms with Crippen LogP contribution in [0.2, 0.25) is 0 Å². The third-order valence-electron chi connectivity index (χ3n) is 3.67. The highest BCUT2D eigenvalue weighted by Crippen LogP contribution is 2.17. The number of amides is 2. The minimum Gasteiger partial charge on any atom is -0.452 e. The van der Waals surface area contributed by atoms with E-state index in [0.717, 1.165) is 18.2 Å². The summed E-state index contributed by atoms with van der Waals surface area (Å²) < 4.78 is 31.5. The van der Waals surface area contributed by atoms with E-state index < -0.39 is 47.5 Å². The van der Waals surface area contributed by atoms with Gasteiger partial charge in [-0.1, -0.05) is 6.07 Å². The van der Waals surface area contributed by atoms with Gasteiger partial charge in [0.2, 0.25) is 5.91 Å². The number of rotatable bonds is 4. The molecule has 1 aromatic carbocycles. The highest BCUT2D eigenvalue weighted by atomic mass is 19.1. The van der Waals surface area contributed by atoms with E-state index in [1.807, 2.05) is 0 Å². The molecule has 2 N–H and O–H groups in total. The zero-order chi connectivity index (χ0) is 17.0. The summed E-state index contributed by atoms with van der Waals surface area (Å²) in [4.78, 5) is 36.2. The molecule has 6 nitrogen and oxygen atoms in total. The molecular weight excluding hydrogens is 310 g/mol. The summed E-state index contributed by atoms with van der Waals surface area (Å²) in [6, 6.07) is 2.96. The highest BCUT2D eigenvalue weighted by Gasteiger charge is 2.28. The maximum Gasteiger partial charge on any atom is 0.344 e. The van der Waals surface area contributed by atoms with Crippen LogP contribution in [0.25, 0.3) is 0 Å². The third kappa shape index (κ3) is 4.02. The van der Waals surface area contributed by atoms with Crippen molar-refractivity contribution in [1.82, 2.24) is 4.90 Å². The summed E-state index contributed by atoms with van der Waals surface area (Å²) >= 11 is 0. The van der Waals surface area contributed by atoms with E-state index in [4.69, 9.17) is 5.73 Å². The van der Waals surface area contributed by atoms with Gasteiger partial charge in [-0.2, -0.15) is 0 Å². The van der Waals surface area contributed by atoms with Crippen LogP contribution < -0.4 is 5.73 Å². The number of nitrogens with two attached hydrogens (primary N) is 1. The molecule has 1 aliphatic heterocycles. The van der Waals surface area contributed by atoms with Crippen molar-refractivity contribution in [3.8, 4) is 0 Å². The van der Waals surface area contributed by atoms with Crippen LogP contribution in [0.15, 0.2) is 18.2 Å². The van der Waals surface area contributed by atoms with Crippen LogP contribution in [0.4, 0.5) is 8.78 Å². The number of carbonyl (C=O) groups excluding carboxylic acids is 3. The molecule has 2 rings (SSSR count). The number of nitrogens with zero attached hydrogens (tertiary/aromatic N) is 1. The standard InChI is InChI=1S/C15H16F2N2O4/c16-10-4-1-5-11(17)13(10)15(22)23-8-12(20)19-6-2-3-9(7-19)14(18)21/h1,4-5,9H,2-3,6-8H2,(H2,18,21)/t9-/m1/s1. The fourth-order valence-corrected chi connectivity index (χ4v) is 2.42. The number of hydrogen-bond acceptors (Lipinski definition) is 4. The molecule has 0 aliphatic carbocycles. The van der Waals surface area contributed by atoms with E-state index in [1.54, 1.807) is 0 Å². The Bertz CT molecular complexity index is 616. The first-order chi connectivity index (χ1) is 10.9. The van der Waals surface area contributed by atoms with Gasteiger partial charge in [-0.05, 0) is 25.0 Å². The van der Waals surface area contributed by atoms with Crippen molar-refractivity contribution in [2.45, 2.75) is 12.8 Å². The summed E-state index contributed by atoms with van der Waals surface area (Å²) in [5.41, 5.74) is 4.38. The fraction of sp³-hybridized carbons (Fsp3) is 0.400. The van der Waals surface area contributed by atoms with Crippen molar-refractivity contribution < 1.29 is 27.9 Å². The van der Waals surface area contributed by atoms with Crippen LogP contribution >= 0.6 is 0 Å². The number of primary amides is 1. The maximum absolute atomic E-state index is 13.4. The molecular formula is C15H16F2N2O4. The van der Waals surface area contributed by atoms with Crippen molar-refractivity contribution in [2.24, 2.45) is 11.7 Å². The Morgan fingerprint density at radius 1 is 1.26 bits per heavy atom. The zero-order valence-electron chi connectivity index (χ0n) is 12.3. The second-order valence-corrected chi connectivity index (χ2v) is 5.25. The number of piperidine rings is 1. The minimum absolute atomic E-state index is 0.153. The summed E-state index contributed by atoms with van der Waals surface area (Å²) in [6.07, 6.45) is 1.20. The summed E-state index contributed by atoms with van der Waals surface area (Å²) in [5.74, 6) is -4.85. The second kappa shape index (κ2) is 7.17. The van der Waals surface area contributed by atoms with Gasteiger partial charge >= 0.3 is 5.97 Å². The Labute approximate surface area is 131 Å². The molecule has 8 heteroatoms. The van der Waals surface area contributed by atoms with E-state index in [0.29, 0.717) is 19.4 Å². The predicted molar refractivity (Wildman–Crippen MR) is 75.1 cm³/mol. The van der Waals surface area contributed by atoms with Crippen molar-refractivity contribution >= 4 is 17.8 Å². The number of hydrogen-bond donors (Lipinski definition) is 1. The second-order valence-electron chi connectivity index (χ2n) is 5.25. The van der Waals surface area contributed by atoms with Gasteiger partial charge in [0.25, 0.3) is 5.91 Å². The van der Waals surface area contributed by atoms with Crippen LogP contribution in [0, 0.1) is 17.6 Å². The van der Waals surface area contributed by atoms with E-state index >= 15 is 0 Å². The van der Waals surface area contributed by atoms with Gasteiger partial charge in [0.05, 0.1) is 5.92 Å². The molecule has 0 radical (unpaired) electrons. The first-order valence-corrected chi connectivity index (χ1v) is 7.08. The lowest BCUT2D eigenvalue weighted by molar-refractivity contribution is -0.137. The Morgan fingerprint density at radius 2 is 1.91 bits per heavy atom. The largest absolute Gasteiger partial charge is 0.452 e. The number of likely N-dealkylation sites (tertiary alicyclic amines) is 1. The Kier molecular flexibility index (Phi) is 5.25. The Hall–Kier alpha value is -2.51. The lowest BCUT2D eigenvalue weighted by Crippen LogP contribution is -2.45. The van der Waals surface area contributed by atoms with Crippen molar-refractivity contribution in [3.63, 3.8) is 0 Å². The maximum atomic E-state index is 13.4. The first kappa shape index (κ1) is 16.9. The van der Waals surface area contributed by atoms with Crippen LogP contribution in [0.3, 0.4) is 0 Å². The average molecular weight is 326 g/mol. The summed E-state index contributed by atoms with van der Waals surface area (Å²) in [7, 11) is 0. The molecule has 1 aromatic rings. The smallest absolute Gasteiger partial charge is 0.344 e. The van der Waals surface area contributed by atoms with Gasteiger partial charge in [-0.15, -0.1) is 0 Å². The quantitative estimate of drug-likeness (QED) is 0.831. The molecule has 0 aromatic heterocycles. The van der Waals surface area contributed by atoms with Crippen LogP contribution in [0.5, 0.6) is 0 Å². The van der Waals surface area contributed by atoms with E-state index in [9.17, 15) is 23.2 Å². The molecule has 1 aliphatic rings. The van der Waals surface area contributed by atoms with Gasteiger partial charge in [0, 0.05) is 13.1 Å². The molecule has 124 valence electrons. The SMILES string of the molecule is NC(=O)[C@@H]1CCCN(C(=O)COC(=O)c2c(F)cccc2F)C1. The normalized spacial score (nSPS) is 17.7. The number of esters is 1. The molecule has 1 saturated heterocycles. The van der Waals surface area contributed by atoms with Crippen LogP contribution in [-0.2, 0) is 14.3 Å². The van der Waals surface area contributed by atoms with E-state index in [2.05, 4.69) is 4.74 Å². The molecule has 1 atom stereocenters. The average Bonchev–Trinajstić information content (AvgIpc) is 2.52. The summed E-state index contributed by atoms with van der Waals surface area (Å²) in [6.45, 7) is -0.0912. The van der Waals surface area contributed by atoms with E-state index in [-0.39, 0.29) is 6.54 Å². The van der Waals surface area contributed by atoms with Crippen LogP contribution in [0.1, 0.15) is 23.2 Å². The van der Waals surface area contributed by atoms with Crippen LogP contribution in [-0.4, -0.2) is 42.4 Å². The van der Waals surface area contributed by atoms with Crippen molar-refractivity contribution in [1.29, 1.82) is 0 Å². The third-order valence-corrected chi connectivity index (χ3v) is 3.67. The number of halogens is 2. The number of ether oxygens (including phenoxy) is 1. The van der Waals surface area contributed by atoms with Gasteiger partial charge in [0.1, 0.15) is 17.2 Å². The highest BCUT2D eigenvalue weighted by molar-refractivity contribution is 5.92. The lowest BCUT2D eigenvalue weighted by Gasteiger charge is -2.31. The summed E-state index contributed by atoms with van der Waals surface area (Å²) in [5, 5.41) is 0. The monoisotopic (exact) mass is 326 g/mol.